The van der Waals surface area contributed by atoms with Gasteiger partial charge in [-0.3, -0.25) is 4.79 Å². The van der Waals surface area contributed by atoms with Crippen LogP contribution in [0, 0.1) is 0 Å². The molecule has 0 unspecified atom stereocenters. The van der Waals surface area contributed by atoms with Crippen LogP contribution in [-0.2, 0) is 0 Å². The number of hydrogen-bond donors (Lipinski definition) is 2. The van der Waals surface area contributed by atoms with E-state index in [1.54, 1.807) is 31.4 Å². The van der Waals surface area contributed by atoms with E-state index in [1.165, 1.54) is 0 Å². The molecule has 0 fully saturated rings. The van der Waals surface area contributed by atoms with Crippen molar-refractivity contribution in [2.75, 3.05) is 13.7 Å². The molecular weight excluding hydrogens is 230 g/mol. The highest BCUT2D eigenvalue weighted by atomic mass is 16.5. The van der Waals surface area contributed by atoms with E-state index in [1.807, 2.05) is 13.8 Å². The van der Waals surface area contributed by atoms with E-state index >= 15 is 0 Å². The van der Waals surface area contributed by atoms with Crippen LogP contribution < -0.4 is 10.1 Å². The molecule has 0 saturated heterocycles. The molecule has 1 rings (SSSR count). The molecule has 0 aliphatic rings. The van der Waals surface area contributed by atoms with Gasteiger partial charge in [-0.2, -0.15) is 0 Å². The van der Waals surface area contributed by atoms with Gasteiger partial charge in [0.15, 0.2) is 0 Å². The van der Waals surface area contributed by atoms with Crippen molar-refractivity contribution in [3.8, 4) is 5.75 Å². The van der Waals surface area contributed by atoms with Crippen LogP contribution in [0.4, 0.5) is 0 Å². The number of carbonyl (C=O) groups excluding carboxylic acids is 1. The maximum absolute atomic E-state index is 11.9. The number of aliphatic hydroxyl groups is 1. The van der Waals surface area contributed by atoms with Crippen molar-refractivity contribution < 1.29 is 14.6 Å². The number of carbonyl (C=O) groups is 1. The molecular formula is C14H21NO3. The zero-order valence-corrected chi connectivity index (χ0v) is 11.2. The van der Waals surface area contributed by atoms with Gasteiger partial charge >= 0.3 is 0 Å². The maximum Gasteiger partial charge on any atom is 0.251 e. The number of methoxy groups -OCH3 is 1. The smallest absolute Gasteiger partial charge is 0.251 e. The Balaban J connectivity index is 2.59. The van der Waals surface area contributed by atoms with E-state index in [0.717, 1.165) is 0 Å². The van der Waals surface area contributed by atoms with E-state index in [9.17, 15) is 9.90 Å². The Morgan fingerprint density at radius 1 is 1.28 bits per heavy atom. The van der Waals surface area contributed by atoms with Gasteiger partial charge in [0.25, 0.3) is 5.91 Å². The van der Waals surface area contributed by atoms with Crippen molar-refractivity contribution in [3.63, 3.8) is 0 Å². The number of benzene rings is 1. The lowest BCUT2D eigenvalue weighted by Gasteiger charge is -2.25. The first-order valence-electron chi connectivity index (χ1n) is 6.19. The molecule has 0 heterocycles. The van der Waals surface area contributed by atoms with E-state index in [0.29, 0.717) is 24.2 Å². The van der Waals surface area contributed by atoms with Gasteiger partial charge in [-0.25, -0.2) is 0 Å². The molecule has 1 amide bonds. The lowest BCUT2D eigenvalue weighted by atomic mass is 9.97. The second kappa shape index (κ2) is 6.40. The van der Waals surface area contributed by atoms with Crippen molar-refractivity contribution in [1.82, 2.24) is 5.32 Å². The molecule has 100 valence electrons. The number of nitrogens with one attached hydrogen (secondary N) is 1. The third-order valence-electron chi connectivity index (χ3n) is 3.25. The van der Waals surface area contributed by atoms with Crippen LogP contribution in [0.25, 0.3) is 0 Å². The molecule has 0 spiro atoms. The molecule has 1 aromatic carbocycles. The monoisotopic (exact) mass is 251 g/mol. The summed E-state index contributed by atoms with van der Waals surface area (Å²) in [7, 11) is 1.58. The predicted octanol–water partition coefficient (Wildman–Crippen LogP) is 1.98. The molecule has 4 heteroatoms. The van der Waals surface area contributed by atoms with E-state index in [-0.39, 0.29) is 12.5 Å². The Hall–Kier alpha value is -1.55. The molecule has 0 aromatic heterocycles. The SMILES string of the molecule is CCC(O)(CC)CNC(=O)c1ccc(OC)cc1. The topological polar surface area (TPSA) is 58.6 Å². The summed E-state index contributed by atoms with van der Waals surface area (Å²) in [6, 6.07) is 6.87. The Bertz CT molecular complexity index is 383. The Labute approximate surface area is 108 Å². The minimum atomic E-state index is -0.817. The molecule has 1 aromatic rings. The summed E-state index contributed by atoms with van der Waals surface area (Å²) in [5.74, 6) is 0.531. The van der Waals surface area contributed by atoms with Gasteiger partial charge in [0.2, 0.25) is 0 Å². The van der Waals surface area contributed by atoms with Crippen molar-refractivity contribution in [1.29, 1.82) is 0 Å². The first-order valence-corrected chi connectivity index (χ1v) is 6.19. The fraction of sp³-hybridized carbons (Fsp3) is 0.500. The highest BCUT2D eigenvalue weighted by molar-refractivity contribution is 5.94. The molecule has 0 aliphatic heterocycles. The molecule has 0 bridgehead atoms. The van der Waals surface area contributed by atoms with Gasteiger partial charge in [-0.1, -0.05) is 13.8 Å². The standard InChI is InChI=1S/C14H21NO3/c1-4-14(17,5-2)10-15-13(16)11-6-8-12(18-3)9-7-11/h6-9,17H,4-5,10H2,1-3H3,(H,15,16). The summed E-state index contributed by atoms with van der Waals surface area (Å²) in [5, 5.41) is 12.8. The molecule has 0 radical (unpaired) electrons. The van der Waals surface area contributed by atoms with Crippen molar-refractivity contribution in [2.24, 2.45) is 0 Å². The minimum Gasteiger partial charge on any atom is -0.497 e. The lowest BCUT2D eigenvalue weighted by molar-refractivity contribution is 0.0314. The Morgan fingerprint density at radius 3 is 2.28 bits per heavy atom. The second-order valence-corrected chi connectivity index (χ2v) is 4.34. The molecule has 0 atom stereocenters. The third kappa shape index (κ3) is 3.74. The Morgan fingerprint density at radius 2 is 1.83 bits per heavy atom. The highest BCUT2D eigenvalue weighted by Crippen LogP contribution is 2.14. The summed E-state index contributed by atoms with van der Waals surface area (Å²) >= 11 is 0. The zero-order valence-electron chi connectivity index (χ0n) is 11.2. The average molecular weight is 251 g/mol. The van der Waals surface area contributed by atoms with Crippen molar-refractivity contribution in [3.05, 3.63) is 29.8 Å². The van der Waals surface area contributed by atoms with Crippen LogP contribution in [-0.4, -0.2) is 30.3 Å². The van der Waals surface area contributed by atoms with Crippen molar-refractivity contribution >= 4 is 5.91 Å². The second-order valence-electron chi connectivity index (χ2n) is 4.34. The molecule has 4 nitrogen and oxygen atoms in total. The summed E-state index contributed by atoms with van der Waals surface area (Å²) < 4.78 is 5.03. The van der Waals surface area contributed by atoms with Gasteiger partial charge in [-0.05, 0) is 37.1 Å². The first-order chi connectivity index (χ1) is 8.54. The third-order valence-corrected chi connectivity index (χ3v) is 3.25. The van der Waals surface area contributed by atoms with Crippen molar-refractivity contribution in [2.45, 2.75) is 32.3 Å². The average Bonchev–Trinajstić information content (AvgIpc) is 2.44. The maximum atomic E-state index is 11.9. The van der Waals surface area contributed by atoms with Crippen LogP contribution >= 0.6 is 0 Å². The normalized spacial score (nSPS) is 11.1. The van der Waals surface area contributed by atoms with E-state index in [4.69, 9.17) is 4.74 Å². The summed E-state index contributed by atoms with van der Waals surface area (Å²) in [6.45, 7) is 4.08. The zero-order chi connectivity index (χ0) is 13.6. The van der Waals surface area contributed by atoms with Crippen LogP contribution in [0.1, 0.15) is 37.0 Å². The van der Waals surface area contributed by atoms with Gasteiger partial charge in [0, 0.05) is 12.1 Å². The van der Waals surface area contributed by atoms with Crippen LogP contribution in [0.15, 0.2) is 24.3 Å². The van der Waals surface area contributed by atoms with Gasteiger partial charge in [-0.15, -0.1) is 0 Å². The molecule has 0 aliphatic carbocycles. The summed E-state index contributed by atoms with van der Waals surface area (Å²) in [5.41, 5.74) is -0.257. The predicted molar refractivity (Wildman–Crippen MR) is 70.9 cm³/mol. The molecule has 18 heavy (non-hydrogen) atoms. The van der Waals surface area contributed by atoms with Gasteiger partial charge in [0.1, 0.15) is 5.75 Å². The number of ether oxygens (including phenoxy) is 1. The fourth-order valence-electron chi connectivity index (χ4n) is 1.59. The fourth-order valence-corrected chi connectivity index (χ4v) is 1.59. The summed E-state index contributed by atoms with van der Waals surface area (Å²) in [6.07, 6.45) is 1.23. The highest BCUT2D eigenvalue weighted by Gasteiger charge is 2.22. The quantitative estimate of drug-likeness (QED) is 0.812. The van der Waals surface area contributed by atoms with Crippen LogP contribution in [0.5, 0.6) is 5.75 Å². The van der Waals surface area contributed by atoms with Crippen LogP contribution in [0.3, 0.4) is 0 Å². The summed E-state index contributed by atoms with van der Waals surface area (Å²) in [4.78, 5) is 11.9. The van der Waals surface area contributed by atoms with E-state index in [2.05, 4.69) is 5.32 Å². The number of rotatable bonds is 6. The lowest BCUT2D eigenvalue weighted by Crippen LogP contribution is -2.42. The van der Waals surface area contributed by atoms with E-state index < -0.39 is 5.60 Å². The molecule has 2 N–H and O–H groups in total. The molecule has 0 saturated carbocycles. The van der Waals surface area contributed by atoms with Gasteiger partial charge in [0.05, 0.1) is 12.7 Å². The first kappa shape index (κ1) is 14.5. The minimum absolute atomic E-state index is 0.182. The number of amides is 1. The van der Waals surface area contributed by atoms with Gasteiger partial charge < -0.3 is 15.2 Å². The van der Waals surface area contributed by atoms with Crippen LogP contribution in [0.2, 0.25) is 0 Å². The largest absolute Gasteiger partial charge is 0.497 e. The Kier molecular flexibility index (Phi) is 5.16. The number of hydrogen-bond acceptors (Lipinski definition) is 3.